The summed E-state index contributed by atoms with van der Waals surface area (Å²) >= 11 is 12.1. The number of halogens is 2. The summed E-state index contributed by atoms with van der Waals surface area (Å²) in [7, 11) is 0. The molecule has 0 spiro atoms. The van der Waals surface area contributed by atoms with Crippen molar-refractivity contribution in [3.8, 4) is 0 Å². The Hall–Kier alpha value is -1.01. The molecular weight excluding hydrogens is 335 g/mol. The van der Waals surface area contributed by atoms with E-state index in [9.17, 15) is 0 Å². The highest BCUT2D eigenvalue weighted by Gasteiger charge is 2.17. The van der Waals surface area contributed by atoms with Gasteiger partial charge in [-0.1, -0.05) is 29.3 Å². The number of rotatable bonds is 5. The van der Waals surface area contributed by atoms with Crippen molar-refractivity contribution in [2.75, 3.05) is 32.8 Å². The second kappa shape index (κ2) is 8.73. The van der Waals surface area contributed by atoms with Crippen LogP contribution in [0.4, 0.5) is 0 Å². The molecule has 1 aliphatic rings. The maximum atomic E-state index is 6.21. The molecule has 5 nitrogen and oxygen atoms in total. The van der Waals surface area contributed by atoms with Crippen molar-refractivity contribution in [3.63, 3.8) is 0 Å². The Morgan fingerprint density at radius 1 is 1.35 bits per heavy atom. The van der Waals surface area contributed by atoms with Gasteiger partial charge in [0, 0.05) is 29.2 Å². The zero-order chi connectivity index (χ0) is 16.8. The van der Waals surface area contributed by atoms with Gasteiger partial charge < -0.3 is 15.8 Å². The topological polar surface area (TPSA) is 62.9 Å². The number of nitrogens with one attached hydrogen (secondary N) is 1. The molecule has 1 aromatic carbocycles. The van der Waals surface area contributed by atoms with Gasteiger partial charge in [0.1, 0.15) is 0 Å². The number of nitrogens with zero attached hydrogens (tertiary/aromatic N) is 2. The SMILES string of the molecule is CC(NC(N)=NCC(C)N1CCOCC1)c1ccc(Cl)cc1Cl. The summed E-state index contributed by atoms with van der Waals surface area (Å²) in [5.41, 5.74) is 6.94. The quantitative estimate of drug-likeness (QED) is 0.627. The Morgan fingerprint density at radius 3 is 2.70 bits per heavy atom. The molecule has 0 saturated carbocycles. The van der Waals surface area contributed by atoms with Crippen LogP contribution in [0, 0.1) is 0 Å². The van der Waals surface area contributed by atoms with Crippen molar-refractivity contribution in [1.29, 1.82) is 0 Å². The van der Waals surface area contributed by atoms with E-state index in [-0.39, 0.29) is 6.04 Å². The van der Waals surface area contributed by atoms with Crippen molar-refractivity contribution in [3.05, 3.63) is 33.8 Å². The second-order valence-electron chi connectivity index (χ2n) is 5.76. The Labute approximate surface area is 147 Å². The summed E-state index contributed by atoms with van der Waals surface area (Å²) in [6.07, 6.45) is 0. The Kier molecular flexibility index (Phi) is 6.96. The fraction of sp³-hybridized carbons (Fsp3) is 0.562. The fourth-order valence-corrected chi connectivity index (χ4v) is 3.13. The van der Waals surface area contributed by atoms with Crippen LogP contribution in [-0.2, 0) is 4.74 Å². The van der Waals surface area contributed by atoms with Gasteiger partial charge in [0.2, 0.25) is 0 Å². The second-order valence-corrected chi connectivity index (χ2v) is 6.60. The van der Waals surface area contributed by atoms with Gasteiger partial charge in [0.25, 0.3) is 0 Å². The maximum Gasteiger partial charge on any atom is 0.189 e. The highest BCUT2D eigenvalue weighted by molar-refractivity contribution is 6.35. The molecule has 1 aromatic rings. The predicted octanol–water partition coefficient (Wildman–Crippen LogP) is 2.68. The standard InChI is InChI=1S/C16H24Cl2N4O/c1-11(22-5-7-23-8-6-22)10-20-16(19)21-12(2)14-4-3-13(17)9-15(14)18/h3-4,9,11-12H,5-8,10H2,1-2H3,(H3,19,20,21). The summed E-state index contributed by atoms with van der Waals surface area (Å²) in [4.78, 5) is 6.80. The molecule has 1 heterocycles. The van der Waals surface area contributed by atoms with Crippen LogP contribution in [0.2, 0.25) is 10.0 Å². The number of ether oxygens (including phenoxy) is 1. The highest BCUT2D eigenvalue weighted by Crippen LogP contribution is 2.25. The number of nitrogens with two attached hydrogens (primary N) is 1. The van der Waals surface area contributed by atoms with E-state index in [1.54, 1.807) is 6.07 Å². The van der Waals surface area contributed by atoms with E-state index >= 15 is 0 Å². The zero-order valence-electron chi connectivity index (χ0n) is 13.6. The average Bonchev–Trinajstić information content (AvgIpc) is 2.53. The third-order valence-corrected chi connectivity index (χ3v) is 4.55. The summed E-state index contributed by atoms with van der Waals surface area (Å²) in [5.74, 6) is 0.420. The molecular formula is C16H24Cl2N4O. The third-order valence-electron chi connectivity index (χ3n) is 3.99. The lowest BCUT2D eigenvalue weighted by Gasteiger charge is -2.31. The van der Waals surface area contributed by atoms with Gasteiger partial charge in [-0.2, -0.15) is 0 Å². The fourth-order valence-electron chi connectivity index (χ4n) is 2.56. The Bertz CT molecular complexity index is 547. The molecule has 2 atom stereocenters. The summed E-state index contributed by atoms with van der Waals surface area (Å²) in [6, 6.07) is 5.74. The summed E-state index contributed by atoms with van der Waals surface area (Å²) < 4.78 is 5.36. The van der Waals surface area contributed by atoms with Crippen molar-refractivity contribution in [2.45, 2.75) is 25.9 Å². The average molecular weight is 359 g/mol. The first kappa shape index (κ1) is 18.3. The number of hydrogen-bond donors (Lipinski definition) is 2. The minimum atomic E-state index is -0.0396. The van der Waals surface area contributed by atoms with Crippen LogP contribution < -0.4 is 11.1 Å². The molecule has 0 aromatic heterocycles. The van der Waals surface area contributed by atoms with Crippen molar-refractivity contribution in [2.24, 2.45) is 10.7 Å². The first-order valence-electron chi connectivity index (χ1n) is 7.80. The molecule has 7 heteroatoms. The van der Waals surface area contributed by atoms with Gasteiger partial charge in [-0.3, -0.25) is 9.89 Å². The molecule has 1 aliphatic heterocycles. The lowest BCUT2D eigenvalue weighted by molar-refractivity contribution is 0.0220. The zero-order valence-corrected chi connectivity index (χ0v) is 15.1. The lowest BCUT2D eigenvalue weighted by atomic mass is 10.1. The number of benzene rings is 1. The van der Waals surface area contributed by atoms with Gasteiger partial charge in [-0.25, -0.2) is 0 Å². The molecule has 128 valence electrons. The van der Waals surface area contributed by atoms with E-state index in [4.69, 9.17) is 33.7 Å². The van der Waals surface area contributed by atoms with Crippen LogP contribution >= 0.6 is 23.2 Å². The van der Waals surface area contributed by atoms with Crippen molar-refractivity contribution in [1.82, 2.24) is 10.2 Å². The predicted molar refractivity (Wildman–Crippen MR) is 96.4 cm³/mol. The minimum Gasteiger partial charge on any atom is -0.379 e. The first-order chi connectivity index (χ1) is 11.0. The van der Waals surface area contributed by atoms with E-state index in [1.807, 2.05) is 19.1 Å². The molecule has 0 bridgehead atoms. The van der Waals surface area contributed by atoms with Gasteiger partial charge >= 0.3 is 0 Å². The van der Waals surface area contributed by atoms with Crippen LogP contribution in [-0.4, -0.2) is 49.7 Å². The van der Waals surface area contributed by atoms with Gasteiger partial charge in [-0.05, 0) is 31.5 Å². The molecule has 3 N–H and O–H groups in total. The van der Waals surface area contributed by atoms with Crippen LogP contribution in [0.15, 0.2) is 23.2 Å². The molecule has 1 fully saturated rings. The van der Waals surface area contributed by atoms with E-state index in [0.717, 1.165) is 31.9 Å². The Morgan fingerprint density at radius 2 is 2.04 bits per heavy atom. The van der Waals surface area contributed by atoms with E-state index in [0.29, 0.717) is 28.6 Å². The molecule has 0 aliphatic carbocycles. The van der Waals surface area contributed by atoms with Crippen LogP contribution in [0.25, 0.3) is 0 Å². The van der Waals surface area contributed by atoms with Crippen LogP contribution in [0.5, 0.6) is 0 Å². The van der Waals surface area contributed by atoms with Crippen LogP contribution in [0.1, 0.15) is 25.5 Å². The van der Waals surface area contributed by atoms with Crippen molar-refractivity contribution >= 4 is 29.2 Å². The molecule has 2 rings (SSSR count). The third kappa shape index (κ3) is 5.53. The highest BCUT2D eigenvalue weighted by atomic mass is 35.5. The monoisotopic (exact) mass is 358 g/mol. The maximum absolute atomic E-state index is 6.21. The molecule has 0 radical (unpaired) electrons. The van der Waals surface area contributed by atoms with Gasteiger partial charge in [0.15, 0.2) is 5.96 Å². The molecule has 23 heavy (non-hydrogen) atoms. The van der Waals surface area contributed by atoms with Crippen molar-refractivity contribution < 1.29 is 4.74 Å². The molecule has 0 amide bonds. The lowest BCUT2D eigenvalue weighted by Crippen LogP contribution is -2.44. The number of hydrogen-bond acceptors (Lipinski definition) is 3. The Balaban J connectivity index is 1.88. The molecule has 1 saturated heterocycles. The van der Waals surface area contributed by atoms with E-state index < -0.39 is 0 Å². The number of aliphatic imine (C=N–C) groups is 1. The van der Waals surface area contributed by atoms with E-state index in [1.165, 1.54) is 0 Å². The molecule has 2 unspecified atom stereocenters. The first-order valence-corrected chi connectivity index (χ1v) is 8.56. The number of morpholine rings is 1. The van der Waals surface area contributed by atoms with Gasteiger partial charge in [0.05, 0.1) is 25.8 Å². The largest absolute Gasteiger partial charge is 0.379 e. The van der Waals surface area contributed by atoms with E-state index in [2.05, 4.69) is 22.1 Å². The van der Waals surface area contributed by atoms with Gasteiger partial charge in [-0.15, -0.1) is 0 Å². The minimum absolute atomic E-state index is 0.0396. The number of guanidine groups is 1. The smallest absolute Gasteiger partial charge is 0.189 e. The normalized spacial score (nSPS) is 19.4. The van der Waals surface area contributed by atoms with Crippen LogP contribution in [0.3, 0.4) is 0 Å². The summed E-state index contributed by atoms with van der Waals surface area (Å²) in [6.45, 7) is 8.26. The summed E-state index contributed by atoms with van der Waals surface area (Å²) in [5, 5.41) is 4.41.